The standard InChI is InChI=1S/C57H111N2O7P/c1-7-10-13-16-19-22-25-28-30-32-35-38-41-44-47-50-57(61)66-55(48-45-42-39-36-33-27-24-21-18-15-12-9-3)54(53-65-67(62,63)64-52-51-59(4,5)6)58-56(60)49-46-43-40-37-34-31-29-26-23-20-17-14-11-8-2/h22,25,45,48,54-55H,7-21,23-24,26-44,46-47,49-53H2,1-6H3,(H-,58,60,62,63)/p+1/b25-22-,48-45+. The summed E-state index contributed by atoms with van der Waals surface area (Å²) in [5, 5.41) is 3.05. The zero-order chi connectivity index (χ0) is 49.4. The van der Waals surface area contributed by atoms with Crippen molar-refractivity contribution in [3.63, 3.8) is 0 Å². The molecule has 0 rings (SSSR count). The molecular weight excluding hydrogens is 856 g/mol. The highest BCUT2D eigenvalue weighted by molar-refractivity contribution is 7.47. The summed E-state index contributed by atoms with van der Waals surface area (Å²) in [6, 6.07) is -0.842. The first-order chi connectivity index (χ1) is 32.4. The van der Waals surface area contributed by atoms with Crippen LogP contribution in [0.15, 0.2) is 24.3 Å². The van der Waals surface area contributed by atoms with Gasteiger partial charge in [0.25, 0.3) is 0 Å². The highest BCUT2D eigenvalue weighted by atomic mass is 31.2. The number of allylic oxidation sites excluding steroid dienone is 3. The minimum absolute atomic E-state index is 0.0429. The van der Waals surface area contributed by atoms with Gasteiger partial charge < -0.3 is 19.4 Å². The molecule has 0 aliphatic carbocycles. The van der Waals surface area contributed by atoms with E-state index >= 15 is 0 Å². The molecule has 3 atom stereocenters. The number of hydrogen-bond acceptors (Lipinski definition) is 6. The minimum atomic E-state index is -4.44. The molecule has 0 aromatic heterocycles. The number of nitrogens with one attached hydrogen (secondary N) is 1. The minimum Gasteiger partial charge on any atom is -0.456 e. The molecule has 2 N–H and O–H groups in total. The van der Waals surface area contributed by atoms with Gasteiger partial charge in [-0.15, -0.1) is 0 Å². The predicted molar refractivity (Wildman–Crippen MR) is 286 cm³/mol. The largest absolute Gasteiger partial charge is 0.472 e. The lowest BCUT2D eigenvalue weighted by Crippen LogP contribution is -2.47. The van der Waals surface area contributed by atoms with Crippen molar-refractivity contribution in [1.82, 2.24) is 5.32 Å². The SMILES string of the molecule is CCCCCC/C=C\CCCCCCCCCC(=O)OC(/C=C/CCCCCCCCCCCC)C(COP(=O)(O)OCC[N+](C)(C)C)NC(=O)CCCCCCCCCCCCCCCC. The van der Waals surface area contributed by atoms with Gasteiger partial charge in [-0.05, 0) is 57.4 Å². The van der Waals surface area contributed by atoms with Crippen molar-refractivity contribution in [3.8, 4) is 0 Å². The van der Waals surface area contributed by atoms with Gasteiger partial charge in [-0.1, -0.05) is 232 Å². The van der Waals surface area contributed by atoms with E-state index in [-0.39, 0.29) is 25.1 Å². The number of likely N-dealkylation sites (N-methyl/N-ethyl adjacent to an activating group) is 1. The molecule has 0 aromatic rings. The summed E-state index contributed by atoms with van der Waals surface area (Å²) < 4.78 is 30.6. The molecule has 0 saturated carbocycles. The maximum Gasteiger partial charge on any atom is 0.472 e. The molecule has 0 saturated heterocycles. The van der Waals surface area contributed by atoms with Gasteiger partial charge in [0, 0.05) is 12.8 Å². The molecule has 0 bridgehead atoms. The summed E-state index contributed by atoms with van der Waals surface area (Å²) in [5.74, 6) is -0.499. The van der Waals surface area contributed by atoms with Crippen LogP contribution in [0.1, 0.15) is 278 Å². The van der Waals surface area contributed by atoms with Crippen LogP contribution >= 0.6 is 7.82 Å². The Hall–Kier alpha value is -1.51. The fourth-order valence-corrected chi connectivity index (χ4v) is 9.14. The Balaban J connectivity index is 5.34. The monoisotopic (exact) mass is 968 g/mol. The number of esters is 1. The maximum absolute atomic E-state index is 13.5. The van der Waals surface area contributed by atoms with Crippen LogP contribution < -0.4 is 5.32 Å². The van der Waals surface area contributed by atoms with Crippen molar-refractivity contribution < 1.29 is 37.3 Å². The van der Waals surface area contributed by atoms with Crippen LogP contribution in [0.5, 0.6) is 0 Å². The first-order valence-corrected chi connectivity index (χ1v) is 30.2. The van der Waals surface area contributed by atoms with Gasteiger partial charge in [-0.3, -0.25) is 18.6 Å². The highest BCUT2D eigenvalue weighted by Gasteiger charge is 2.30. The fraction of sp³-hybridized carbons (Fsp3) is 0.895. The van der Waals surface area contributed by atoms with Crippen molar-refractivity contribution in [2.75, 3.05) is 40.9 Å². The predicted octanol–water partition coefficient (Wildman–Crippen LogP) is 17.0. The number of unbranched alkanes of at least 4 members (excludes halogenated alkanes) is 34. The van der Waals surface area contributed by atoms with Gasteiger partial charge in [0.1, 0.15) is 19.3 Å². The van der Waals surface area contributed by atoms with Crippen molar-refractivity contribution in [3.05, 3.63) is 24.3 Å². The number of phosphoric acid groups is 1. The number of rotatable bonds is 52. The summed E-state index contributed by atoms with van der Waals surface area (Å²) in [4.78, 5) is 37.5. The molecule has 10 heteroatoms. The highest BCUT2D eigenvalue weighted by Crippen LogP contribution is 2.43. The molecule has 396 valence electrons. The van der Waals surface area contributed by atoms with Crippen LogP contribution in [-0.2, 0) is 27.9 Å². The Morgan fingerprint density at radius 2 is 0.866 bits per heavy atom. The van der Waals surface area contributed by atoms with E-state index in [4.69, 9.17) is 13.8 Å². The molecule has 0 radical (unpaired) electrons. The van der Waals surface area contributed by atoms with Gasteiger partial charge in [-0.2, -0.15) is 0 Å². The summed E-state index contributed by atoms with van der Waals surface area (Å²) in [7, 11) is 1.51. The van der Waals surface area contributed by atoms with Crippen molar-refractivity contribution in [2.45, 2.75) is 290 Å². The Labute approximate surface area is 415 Å². The van der Waals surface area contributed by atoms with E-state index < -0.39 is 20.0 Å². The Kier molecular flexibility index (Phi) is 47.0. The third-order valence-electron chi connectivity index (χ3n) is 12.9. The molecule has 0 heterocycles. The van der Waals surface area contributed by atoms with Crippen molar-refractivity contribution in [2.24, 2.45) is 0 Å². The lowest BCUT2D eigenvalue weighted by molar-refractivity contribution is -0.870. The molecule has 9 nitrogen and oxygen atoms in total. The molecule has 0 aliphatic rings. The molecule has 0 aliphatic heterocycles. The summed E-state index contributed by atoms with van der Waals surface area (Å²) in [5.41, 5.74) is 0. The molecule has 3 unspecified atom stereocenters. The summed E-state index contributed by atoms with van der Waals surface area (Å²) >= 11 is 0. The number of ether oxygens (including phenoxy) is 1. The second-order valence-electron chi connectivity index (χ2n) is 20.8. The lowest BCUT2D eigenvalue weighted by atomic mass is 10.0. The van der Waals surface area contributed by atoms with E-state index in [1.54, 1.807) is 0 Å². The van der Waals surface area contributed by atoms with Crippen LogP contribution in [0, 0.1) is 0 Å². The molecule has 67 heavy (non-hydrogen) atoms. The van der Waals surface area contributed by atoms with Gasteiger partial charge in [-0.25, -0.2) is 4.57 Å². The second kappa shape index (κ2) is 48.1. The number of quaternary nitrogens is 1. The summed E-state index contributed by atoms with van der Waals surface area (Å²) in [6.07, 6.45) is 54.4. The zero-order valence-electron chi connectivity index (χ0n) is 45.2. The van der Waals surface area contributed by atoms with E-state index in [1.165, 1.54) is 186 Å². The number of phosphoric ester groups is 1. The summed E-state index contributed by atoms with van der Waals surface area (Å²) in [6.45, 7) is 7.02. The van der Waals surface area contributed by atoms with Crippen LogP contribution in [-0.4, -0.2) is 74.3 Å². The molecule has 0 spiro atoms. The van der Waals surface area contributed by atoms with Gasteiger partial charge in [0.2, 0.25) is 5.91 Å². The number of hydrogen-bond donors (Lipinski definition) is 2. The Morgan fingerprint density at radius 1 is 0.507 bits per heavy atom. The van der Waals surface area contributed by atoms with Crippen LogP contribution in [0.3, 0.4) is 0 Å². The molecule has 1 amide bonds. The van der Waals surface area contributed by atoms with Gasteiger partial charge in [0.05, 0.1) is 33.8 Å². The molecule has 0 fully saturated rings. The first kappa shape index (κ1) is 65.5. The Morgan fingerprint density at radius 3 is 1.28 bits per heavy atom. The number of nitrogens with zero attached hydrogens (tertiary/aromatic N) is 1. The number of carbonyl (C=O) groups is 2. The van der Waals surface area contributed by atoms with Gasteiger partial charge in [0.15, 0.2) is 0 Å². The lowest BCUT2D eigenvalue weighted by Gasteiger charge is -2.27. The molecule has 0 aromatic carbocycles. The third-order valence-corrected chi connectivity index (χ3v) is 13.9. The van der Waals surface area contributed by atoms with Crippen molar-refractivity contribution >= 4 is 19.7 Å². The average Bonchev–Trinajstić information content (AvgIpc) is 3.28. The van der Waals surface area contributed by atoms with Crippen LogP contribution in [0.4, 0.5) is 0 Å². The average molecular weight is 969 g/mol. The first-order valence-electron chi connectivity index (χ1n) is 28.7. The van der Waals surface area contributed by atoms with E-state index in [0.717, 1.165) is 57.8 Å². The Bertz CT molecular complexity index is 1210. The topological polar surface area (TPSA) is 111 Å². The van der Waals surface area contributed by atoms with Crippen LogP contribution in [0.2, 0.25) is 0 Å². The number of carbonyl (C=O) groups excluding carboxylic acids is 2. The third kappa shape index (κ3) is 49.3. The van der Waals surface area contributed by atoms with E-state index in [0.29, 0.717) is 23.9 Å². The van der Waals surface area contributed by atoms with E-state index in [2.05, 4.69) is 38.2 Å². The maximum atomic E-state index is 13.5. The van der Waals surface area contributed by atoms with Crippen molar-refractivity contribution in [1.29, 1.82) is 0 Å². The smallest absolute Gasteiger partial charge is 0.456 e. The van der Waals surface area contributed by atoms with E-state index in [9.17, 15) is 19.0 Å². The molecular formula is C57H112N2O7P+. The van der Waals surface area contributed by atoms with Gasteiger partial charge >= 0.3 is 13.8 Å². The quantitative estimate of drug-likeness (QED) is 0.0205. The van der Waals surface area contributed by atoms with Crippen LogP contribution in [0.25, 0.3) is 0 Å². The number of amides is 1. The second-order valence-corrected chi connectivity index (χ2v) is 22.3. The van der Waals surface area contributed by atoms with E-state index in [1.807, 2.05) is 33.3 Å². The zero-order valence-corrected chi connectivity index (χ0v) is 46.1. The fourth-order valence-electron chi connectivity index (χ4n) is 8.41. The normalized spacial score (nSPS) is 14.0.